The van der Waals surface area contributed by atoms with E-state index in [1.807, 2.05) is 24.4 Å². The normalized spacial score (nSPS) is 20.5. The highest BCUT2D eigenvalue weighted by Gasteiger charge is 2.41. The fourth-order valence-corrected chi connectivity index (χ4v) is 10.7. The van der Waals surface area contributed by atoms with Gasteiger partial charge in [0.05, 0.1) is 23.0 Å². The van der Waals surface area contributed by atoms with Gasteiger partial charge < -0.3 is 20.2 Å². The lowest BCUT2D eigenvalue weighted by atomic mass is 9.83. The van der Waals surface area contributed by atoms with Crippen LogP contribution in [0.4, 0.5) is 17.5 Å². The summed E-state index contributed by atoms with van der Waals surface area (Å²) in [6.07, 6.45) is 9.10. The molecule has 0 spiro atoms. The molecule has 1 aliphatic carbocycles. The van der Waals surface area contributed by atoms with Gasteiger partial charge in [0.1, 0.15) is 17.5 Å². The molecule has 3 N–H and O–H groups in total. The molecule has 5 aliphatic rings. The maximum atomic E-state index is 13.6. The van der Waals surface area contributed by atoms with E-state index in [9.17, 15) is 29.1 Å². The first-order chi connectivity index (χ1) is 31.9. The molecule has 3 aromatic heterocycles. The summed E-state index contributed by atoms with van der Waals surface area (Å²) in [7, 11) is 0. The molecule has 1 atom stereocenters. The fourth-order valence-electron chi connectivity index (χ4n) is 10.7. The average molecular weight is 893 g/mol. The number of imide groups is 1. The van der Waals surface area contributed by atoms with Gasteiger partial charge in [-0.1, -0.05) is 49.2 Å². The van der Waals surface area contributed by atoms with Crippen molar-refractivity contribution in [1.82, 2.24) is 39.5 Å². The predicted octanol–water partition coefficient (Wildman–Crippen LogP) is 5.12. The van der Waals surface area contributed by atoms with Crippen molar-refractivity contribution in [3.8, 4) is 0 Å². The highest BCUT2D eigenvalue weighted by Crippen LogP contribution is 2.37. The number of aliphatic hydroxyl groups is 1. The summed E-state index contributed by atoms with van der Waals surface area (Å²) in [6.45, 7) is 10.3. The summed E-state index contributed by atoms with van der Waals surface area (Å²) in [6, 6.07) is 17.7. The number of amides is 3. The van der Waals surface area contributed by atoms with Crippen LogP contribution in [0, 0.1) is 6.92 Å². The van der Waals surface area contributed by atoms with Crippen LogP contribution in [0.3, 0.4) is 0 Å². The molecule has 10 rings (SSSR count). The van der Waals surface area contributed by atoms with Gasteiger partial charge in [-0.05, 0) is 92.0 Å². The molecule has 3 saturated heterocycles. The smallest absolute Gasteiger partial charge is 0.263 e. The van der Waals surface area contributed by atoms with E-state index in [0.717, 1.165) is 94.9 Å². The Balaban J connectivity index is 0.693. The molecule has 342 valence electrons. The highest BCUT2D eigenvalue weighted by molar-refractivity contribution is 6.05. The SMILES string of the molecule is CC(=O)c1c(C)c2cnc(Nc3ccc(N4CCN(Cc5ccc(CN6CCC(O)(c7ccc8c(c7)CN(C7CCC(=O)NC7=O)C8=O)CC6)cc5)CC4)cn3)nc2n(C2CCCC2)c1=O. The lowest BCUT2D eigenvalue weighted by Crippen LogP contribution is -2.52. The minimum absolute atomic E-state index is 0.00932. The number of hydrogen-bond donors (Lipinski definition) is 3. The Hall–Kier alpha value is -6.36. The summed E-state index contributed by atoms with van der Waals surface area (Å²) in [5.74, 6) is -0.233. The van der Waals surface area contributed by atoms with Crippen LogP contribution in [-0.4, -0.2) is 108 Å². The first-order valence-electron chi connectivity index (χ1n) is 23.3. The lowest BCUT2D eigenvalue weighted by Gasteiger charge is -2.38. The van der Waals surface area contributed by atoms with Crippen molar-refractivity contribution in [2.45, 2.75) is 103 Å². The summed E-state index contributed by atoms with van der Waals surface area (Å²) >= 11 is 0. The van der Waals surface area contributed by atoms with Crippen LogP contribution in [0.2, 0.25) is 0 Å². The number of nitrogens with one attached hydrogen (secondary N) is 2. The van der Waals surface area contributed by atoms with Gasteiger partial charge in [-0.2, -0.15) is 4.98 Å². The van der Waals surface area contributed by atoms with E-state index >= 15 is 0 Å². The summed E-state index contributed by atoms with van der Waals surface area (Å²) < 4.78 is 1.72. The molecule has 66 heavy (non-hydrogen) atoms. The van der Waals surface area contributed by atoms with Crippen molar-refractivity contribution < 1.29 is 24.3 Å². The number of anilines is 3. The van der Waals surface area contributed by atoms with E-state index in [1.165, 1.54) is 18.1 Å². The summed E-state index contributed by atoms with van der Waals surface area (Å²) in [4.78, 5) is 86.2. The summed E-state index contributed by atoms with van der Waals surface area (Å²) in [5.41, 5.74) is 5.83. The molecule has 0 radical (unpaired) electrons. The van der Waals surface area contributed by atoms with E-state index < -0.39 is 17.6 Å². The van der Waals surface area contributed by atoms with Gasteiger partial charge in [-0.15, -0.1) is 0 Å². The second kappa shape index (κ2) is 17.8. The zero-order valence-corrected chi connectivity index (χ0v) is 37.6. The Morgan fingerprint density at radius 2 is 1.55 bits per heavy atom. The number of rotatable bonds is 11. The quantitative estimate of drug-likeness (QED) is 0.117. The van der Waals surface area contributed by atoms with Crippen molar-refractivity contribution in [3.63, 3.8) is 0 Å². The minimum Gasteiger partial charge on any atom is -0.385 e. The molecule has 0 bridgehead atoms. The number of aromatic nitrogens is 4. The molecule has 1 saturated carbocycles. The number of piperidine rings is 2. The Morgan fingerprint density at radius 3 is 2.20 bits per heavy atom. The topological polar surface area (TPSA) is 186 Å². The molecule has 16 nitrogen and oxygen atoms in total. The van der Waals surface area contributed by atoms with Crippen LogP contribution in [-0.2, 0) is 34.8 Å². The third-order valence-electron chi connectivity index (χ3n) is 14.6. The van der Waals surface area contributed by atoms with Crippen molar-refractivity contribution in [1.29, 1.82) is 0 Å². The molecule has 3 amide bonds. The summed E-state index contributed by atoms with van der Waals surface area (Å²) in [5, 5.41) is 18.1. The molecule has 1 unspecified atom stereocenters. The van der Waals surface area contributed by atoms with Crippen LogP contribution in [0.5, 0.6) is 0 Å². The number of benzene rings is 2. The zero-order valence-electron chi connectivity index (χ0n) is 37.6. The molecule has 4 fully saturated rings. The second-order valence-electron chi connectivity index (χ2n) is 18.8. The van der Waals surface area contributed by atoms with E-state index in [2.05, 4.69) is 65.6 Å². The molecule has 2 aromatic carbocycles. The highest BCUT2D eigenvalue weighted by atomic mass is 16.3. The number of nitrogens with zero attached hydrogens (tertiary/aromatic N) is 8. The number of piperazine rings is 1. The Morgan fingerprint density at radius 1 is 0.848 bits per heavy atom. The molecule has 16 heteroatoms. The Kier molecular flexibility index (Phi) is 11.7. The van der Waals surface area contributed by atoms with Gasteiger partial charge in [0.15, 0.2) is 5.78 Å². The van der Waals surface area contributed by atoms with E-state index in [1.54, 1.807) is 28.7 Å². The van der Waals surface area contributed by atoms with Gasteiger partial charge in [0.2, 0.25) is 17.8 Å². The van der Waals surface area contributed by atoms with E-state index in [0.29, 0.717) is 59.7 Å². The monoisotopic (exact) mass is 892 g/mol. The molecular weight excluding hydrogens is 837 g/mol. The maximum Gasteiger partial charge on any atom is 0.263 e. The standard InChI is InChI=1S/C50H56N10O6/c1-31-40-27-52-49(55-45(40)60(37-5-3-4-6-37)48(65)44(31)32(2)61)53-42-15-12-38(26-51-42)58-23-21-57(22-24-58)29-34-9-7-33(8-10-34)28-56-19-17-50(66,18-20-56)36-11-13-39-35(25-36)30-59(47(39)64)41-14-16-43(62)54-46(41)63/h7-13,15,25-27,37,41,66H,3-6,14,16-24,28-30H2,1-2H3,(H,54,62,63)(H,51,52,53,55). The number of ketones is 1. The van der Waals surface area contributed by atoms with Gasteiger partial charge in [-0.25, -0.2) is 9.97 Å². The van der Waals surface area contributed by atoms with Crippen molar-refractivity contribution in [2.24, 2.45) is 0 Å². The third kappa shape index (κ3) is 8.48. The molecular formula is C50H56N10O6. The number of aryl methyl sites for hydroxylation is 1. The first-order valence-corrected chi connectivity index (χ1v) is 23.3. The van der Waals surface area contributed by atoms with Crippen LogP contribution in [0.25, 0.3) is 11.0 Å². The van der Waals surface area contributed by atoms with Crippen LogP contribution in [0.1, 0.15) is 113 Å². The molecule has 4 aliphatic heterocycles. The maximum absolute atomic E-state index is 13.6. The number of carbonyl (C=O) groups is 4. The van der Waals surface area contributed by atoms with Crippen LogP contribution >= 0.6 is 0 Å². The predicted molar refractivity (Wildman–Crippen MR) is 248 cm³/mol. The number of carbonyl (C=O) groups excluding carboxylic acids is 4. The number of likely N-dealkylation sites (tertiary alicyclic amines) is 1. The fraction of sp³-hybridized carbons (Fsp3) is 0.440. The van der Waals surface area contributed by atoms with E-state index in [-0.39, 0.29) is 41.2 Å². The number of hydrogen-bond acceptors (Lipinski definition) is 13. The van der Waals surface area contributed by atoms with Gasteiger partial charge in [0, 0.05) is 88.5 Å². The van der Waals surface area contributed by atoms with Crippen molar-refractivity contribution in [2.75, 3.05) is 49.5 Å². The number of pyridine rings is 2. The Labute approximate surface area is 383 Å². The van der Waals surface area contributed by atoms with Crippen molar-refractivity contribution in [3.05, 3.63) is 116 Å². The largest absolute Gasteiger partial charge is 0.385 e. The molecule has 7 heterocycles. The lowest BCUT2D eigenvalue weighted by molar-refractivity contribution is -0.136. The zero-order chi connectivity index (χ0) is 45.7. The third-order valence-corrected chi connectivity index (χ3v) is 14.6. The minimum atomic E-state index is -0.997. The van der Waals surface area contributed by atoms with E-state index in [4.69, 9.17) is 4.98 Å². The van der Waals surface area contributed by atoms with Crippen LogP contribution < -0.4 is 21.1 Å². The van der Waals surface area contributed by atoms with Gasteiger partial charge >= 0.3 is 0 Å². The van der Waals surface area contributed by atoms with Crippen LogP contribution in [0.15, 0.2) is 71.8 Å². The number of Topliss-reactive ketones (excluding diaryl/α,β-unsaturated/α-hetero) is 1. The number of fused-ring (bicyclic) bond motifs is 2. The van der Waals surface area contributed by atoms with Gasteiger partial charge in [-0.3, -0.25) is 43.7 Å². The van der Waals surface area contributed by atoms with Gasteiger partial charge in [0.25, 0.3) is 11.5 Å². The second-order valence-corrected chi connectivity index (χ2v) is 18.8. The average Bonchev–Trinajstić information content (AvgIpc) is 3.96. The Bertz CT molecular complexity index is 2770. The first kappa shape index (κ1) is 43.5. The molecule has 5 aromatic rings. The van der Waals surface area contributed by atoms with Crippen molar-refractivity contribution >= 4 is 52.0 Å².